The molecule has 0 aliphatic heterocycles. The van der Waals surface area contributed by atoms with Crippen LogP contribution in [0.15, 0.2) is 24.3 Å². The summed E-state index contributed by atoms with van der Waals surface area (Å²) in [6, 6.07) is 9.32. The number of nitriles is 1. The minimum Gasteiger partial charge on any atom is -0.489 e. The molecule has 0 N–H and O–H groups in total. The Balaban J connectivity index is 2.00. The van der Waals surface area contributed by atoms with Gasteiger partial charge in [-0.15, -0.1) is 0 Å². The number of ether oxygens (including phenoxy) is 1. The zero-order valence-corrected chi connectivity index (χ0v) is 9.20. The van der Waals surface area contributed by atoms with E-state index in [4.69, 9.17) is 10.00 Å². The summed E-state index contributed by atoms with van der Waals surface area (Å²) in [5, 5.41) is 8.61. The van der Waals surface area contributed by atoms with Gasteiger partial charge in [-0.3, -0.25) is 0 Å². The first kappa shape index (κ1) is 9.54. The molecular formula is C11H10BrNO. The lowest BCUT2D eigenvalue weighted by molar-refractivity contribution is 0.131. The average molecular weight is 252 g/mol. The quantitative estimate of drug-likeness (QED) is 0.758. The van der Waals surface area contributed by atoms with Crippen LogP contribution >= 0.6 is 15.9 Å². The van der Waals surface area contributed by atoms with E-state index in [0.717, 1.165) is 12.2 Å². The molecule has 0 bridgehead atoms. The largest absolute Gasteiger partial charge is 0.489 e. The molecule has 0 heterocycles. The van der Waals surface area contributed by atoms with Crippen molar-refractivity contribution < 1.29 is 4.74 Å². The zero-order valence-electron chi connectivity index (χ0n) is 7.61. The Morgan fingerprint density at radius 1 is 1.29 bits per heavy atom. The Labute approximate surface area is 91.6 Å². The predicted molar refractivity (Wildman–Crippen MR) is 57.5 cm³/mol. The molecule has 3 heteroatoms. The summed E-state index contributed by atoms with van der Waals surface area (Å²) in [5.41, 5.74) is 0.668. The first-order chi connectivity index (χ1) is 6.79. The van der Waals surface area contributed by atoms with E-state index in [-0.39, 0.29) is 0 Å². The molecule has 1 aromatic rings. The van der Waals surface area contributed by atoms with Gasteiger partial charge in [0, 0.05) is 0 Å². The summed E-state index contributed by atoms with van der Waals surface area (Å²) in [6.45, 7) is 0. The molecule has 2 rings (SSSR count). The topological polar surface area (TPSA) is 33.0 Å². The van der Waals surface area contributed by atoms with E-state index in [0.29, 0.717) is 16.5 Å². The van der Waals surface area contributed by atoms with Crippen LogP contribution < -0.4 is 4.74 Å². The Morgan fingerprint density at radius 2 is 2.00 bits per heavy atom. The Kier molecular flexibility index (Phi) is 2.74. The Bertz CT molecular complexity index is 355. The van der Waals surface area contributed by atoms with Crippen LogP contribution in [0.4, 0.5) is 0 Å². The van der Waals surface area contributed by atoms with E-state index in [1.54, 1.807) is 12.1 Å². The van der Waals surface area contributed by atoms with Crippen LogP contribution in [-0.4, -0.2) is 10.9 Å². The van der Waals surface area contributed by atoms with Crippen molar-refractivity contribution in [2.24, 2.45) is 0 Å². The van der Waals surface area contributed by atoms with E-state index in [9.17, 15) is 0 Å². The van der Waals surface area contributed by atoms with Crippen molar-refractivity contribution in [3.05, 3.63) is 29.8 Å². The molecule has 0 radical (unpaired) electrons. The zero-order chi connectivity index (χ0) is 9.97. The molecule has 0 aromatic heterocycles. The third-order valence-electron chi connectivity index (χ3n) is 2.40. The number of rotatable bonds is 2. The lowest BCUT2D eigenvalue weighted by Gasteiger charge is -2.32. The van der Waals surface area contributed by atoms with E-state index in [1.807, 2.05) is 12.1 Å². The maximum Gasteiger partial charge on any atom is 0.119 e. The Hall–Kier alpha value is -1.01. The molecule has 1 aromatic carbocycles. The molecule has 2 nitrogen and oxygen atoms in total. The van der Waals surface area contributed by atoms with Gasteiger partial charge in [0.05, 0.1) is 16.5 Å². The molecule has 2 unspecified atom stereocenters. The number of hydrogen-bond donors (Lipinski definition) is 0. The highest BCUT2D eigenvalue weighted by atomic mass is 79.9. The van der Waals surface area contributed by atoms with E-state index < -0.39 is 0 Å². The molecule has 1 fully saturated rings. The second kappa shape index (κ2) is 4.02. The van der Waals surface area contributed by atoms with Crippen LogP contribution in [-0.2, 0) is 0 Å². The van der Waals surface area contributed by atoms with Gasteiger partial charge >= 0.3 is 0 Å². The smallest absolute Gasteiger partial charge is 0.119 e. The van der Waals surface area contributed by atoms with E-state index >= 15 is 0 Å². The average Bonchev–Trinajstić information content (AvgIpc) is 2.24. The minimum atomic E-state index is 0.294. The van der Waals surface area contributed by atoms with Crippen LogP contribution in [0.3, 0.4) is 0 Å². The van der Waals surface area contributed by atoms with Crippen molar-refractivity contribution in [2.75, 3.05) is 0 Å². The van der Waals surface area contributed by atoms with E-state index in [1.165, 1.54) is 6.42 Å². The van der Waals surface area contributed by atoms with Crippen molar-refractivity contribution in [2.45, 2.75) is 23.8 Å². The van der Waals surface area contributed by atoms with Gasteiger partial charge in [-0.1, -0.05) is 15.9 Å². The van der Waals surface area contributed by atoms with Gasteiger partial charge in [0.1, 0.15) is 11.9 Å². The van der Waals surface area contributed by atoms with Gasteiger partial charge in [-0.25, -0.2) is 0 Å². The van der Waals surface area contributed by atoms with Crippen LogP contribution in [0, 0.1) is 11.3 Å². The molecule has 1 aliphatic rings. The molecule has 2 atom stereocenters. The standard InChI is InChI=1S/C11H10BrNO/c12-10-5-6-11(10)14-9-3-1-8(7-13)2-4-9/h1-4,10-11H,5-6H2. The molecule has 1 saturated carbocycles. The number of benzene rings is 1. The highest BCUT2D eigenvalue weighted by Gasteiger charge is 2.30. The SMILES string of the molecule is N#Cc1ccc(OC2CCC2Br)cc1. The fraction of sp³-hybridized carbons (Fsp3) is 0.364. The van der Waals surface area contributed by atoms with Gasteiger partial charge in [0.2, 0.25) is 0 Å². The van der Waals surface area contributed by atoms with Crippen molar-refractivity contribution in [1.82, 2.24) is 0 Å². The highest BCUT2D eigenvalue weighted by molar-refractivity contribution is 9.09. The van der Waals surface area contributed by atoms with Crippen molar-refractivity contribution in [1.29, 1.82) is 5.26 Å². The summed E-state index contributed by atoms with van der Waals surface area (Å²) >= 11 is 3.53. The van der Waals surface area contributed by atoms with Crippen molar-refractivity contribution in [3.8, 4) is 11.8 Å². The molecule has 0 saturated heterocycles. The maximum absolute atomic E-state index is 8.61. The highest BCUT2D eigenvalue weighted by Crippen LogP contribution is 2.31. The fourth-order valence-corrected chi connectivity index (χ4v) is 1.98. The number of alkyl halides is 1. The second-order valence-corrected chi connectivity index (χ2v) is 4.56. The molecule has 0 amide bonds. The monoisotopic (exact) mass is 251 g/mol. The van der Waals surface area contributed by atoms with Gasteiger partial charge in [0.15, 0.2) is 0 Å². The summed E-state index contributed by atoms with van der Waals surface area (Å²) < 4.78 is 5.71. The fourth-order valence-electron chi connectivity index (χ4n) is 1.34. The van der Waals surface area contributed by atoms with Gasteiger partial charge in [-0.05, 0) is 37.1 Å². The van der Waals surface area contributed by atoms with Gasteiger partial charge < -0.3 is 4.74 Å². The van der Waals surface area contributed by atoms with Crippen LogP contribution in [0.1, 0.15) is 18.4 Å². The normalized spacial score (nSPS) is 24.9. The number of halogens is 1. The molecule has 14 heavy (non-hydrogen) atoms. The van der Waals surface area contributed by atoms with Gasteiger partial charge in [-0.2, -0.15) is 5.26 Å². The van der Waals surface area contributed by atoms with Crippen molar-refractivity contribution in [3.63, 3.8) is 0 Å². The lowest BCUT2D eigenvalue weighted by atomic mass is 9.96. The number of nitrogens with zero attached hydrogens (tertiary/aromatic N) is 1. The van der Waals surface area contributed by atoms with E-state index in [2.05, 4.69) is 22.0 Å². The predicted octanol–water partition coefficient (Wildman–Crippen LogP) is 2.86. The maximum atomic E-state index is 8.61. The summed E-state index contributed by atoms with van der Waals surface area (Å²) in [6.07, 6.45) is 2.58. The first-order valence-corrected chi connectivity index (χ1v) is 5.52. The van der Waals surface area contributed by atoms with Gasteiger partial charge in [0.25, 0.3) is 0 Å². The minimum absolute atomic E-state index is 0.294. The number of hydrogen-bond acceptors (Lipinski definition) is 2. The second-order valence-electron chi connectivity index (χ2n) is 3.39. The Morgan fingerprint density at radius 3 is 2.43 bits per heavy atom. The van der Waals surface area contributed by atoms with Crippen LogP contribution in [0.5, 0.6) is 5.75 Å². The third kappa shape index (κ3) is 1.91. The van der Waals surface area contributed by atoms with Crippen LogP contribution in [0.25, 0.3) is 0 Å². The summed E-state index contributed by atoms with van der Waals surface area (Å²) in [7, 11) is 0. The molecular weight excluding hydrogens is 242 g/mol. The third-order valence-corrected chi connectivity index (χ3v) is 3.45. The molecule has 1 aliphatic carbocycles. The summed E-state index contributed by atoms with van der Waals surface area (Å²) in [5.74, 6) is 0.846. The van der Waals surface area contributed by atoms with Crippen LogP contribution in [0.2, 0.25) is 0 Å². The molecule has 0 spiro atoms. The molecule has 72 valence electrons. The lowest BCUT2D eigenvalue weighted by Crippen LogP contribution is -2.37. The van der Waals surface area contributed by atoms with Crippen molar-refractivity contribution >= 4 is 15.9 Å². The summed E-state index contributed by atoms with van der Waals surface area (Å²) in [4.78, 5) is 0.484. The first-order valence-electron chi connectivity index (χ1n) is 4.60.